The Hall–Kier alpha value is -5.40. The van der Waals surface area contributed by atoms with Gasteiger partial charge in [-0.25, -0.2) is 15.0 Å². The Morgan fingerprint density at radius 3 is 1.83 bits per heavy atom. The van der Waals surface area contributed by atoms with Gasteiger partial charge in [-0.2, -0.15) is 0 Å². The van der Waals surface area contributed by atoms with Crippen LogP contribution in [0.1, 0.15) is 72.3 Å². The van der Waals surface area contributed by atoms with Crippen molar-refractivity contribution >= 4 is 11.9 Å². The number of carbonyl (C=O) groups excluding carboxylic acids is 1. The van der Waals surface area contributed by atoms with Crippen molar-refractivity contribution in [3.8, 4) is 56.8 Å². The molecule has 52 heavy (non-hydrogen) atoms. The molecule has 0 saturated heterocycles. The highest BCUT2D eigenvalue weighted by molar-refractivity contribution is 5.76. The molecule has 1 unspecified atom stereocenters. The molecule has 0 aliphatic rings. The smallest absolute Gasteiger partial charge is 0.167 e. The lowest BCUT2D eigenvalue weighted by Gasteiger charge is -2.15. The molecule has 0 spiro atoms. The molecule has 0 amide bonds. The van der Waals surface area contributed by atoms with Gasteiger partial charge in [-0.05, 0) is 61.1 Å². The van der Waals surface area contributed by atoms with Gasteiger partial charge in [0.2, 0.25) is 0 Å². The van der Waals surface area contributed by atoms with Crippen LogP contribution < -0.4 is 4.74 Å². The quantitative estimate of drug-likeness (QED) is 0.0700. The molecular formula is C45H53N3O4. The Labute approximate surface area is 310 Å². The van der Waals surface area contributed by atoms with Crippen LogP contribution in [0.3, 0.4) is 0 Å². The Balaban J connectivity index is 0.00000139. The molecular weight excluding hydrogens is 647 g/mol. The zero-order valence-corrected chi connectivity index (χ0v) is 31.7. The molecule has 0 fully saturated rings. The lowest BCUT2D eigenvalue weighted by atomic mass is 10.0. The maximum atomic E-state index is 11.7. The summed E-state index contributed by atoms with van der Waals surface area (Å²) in [5, 5.41) is 11.2. The first-order valence-electron chi connectivity index (χ1n) is 18.1. The van der Waals surface area contributed by atoms with Gasteiger partial charge in [-0.1, -0.05) is 137 Å². The van der Waals surface area contributed by atoms with Gasteiger partial charge in [-0.15, -0.1) is 0 Å². The highest BCUT2D eigenvalue weighted by Gasteiger charge is 2.17. The number of ether oxygens (including phenoxy) is 2. The van der Waals surface area contributed by atoms with Crippen molar-refractivity contribution in [2.45, 2.75) is 72.8 Å². The third kappa shape index (κ3) is 11.8. The van der Waals surface area contributed by atoms with Crippen LogP contribution in [0.2, 0.25) is 0 Å². The third-order valence-electron chi connectivity index (χ3n) is 8.01. The Morgan fingerprint density at radius 1 is 0.731 bits per heavy atom. The highest BCUT2D eigenvalue weighted by Crippen LogP contribution is 2.34. The minimum absolute atomic E-state index is 0.0416. The predicted molar refractivity (Wildman–Crippen MR) is 215 cm³/mol. The van der Waals surface area contributed by atoms with Gasteiger partial charge in [0.1, 0.15) is 11.5 Å². The maximum Gasteiger partial charge on any atom is 0.167 e. The summed E-state index contributed by atoms with van der Waals surface area (Å²) in [7, 11) is 3.25. The lowest BCUT2D eigenvalue weighted by Crippen LogP contribution is -2.17. The van der Waals surface area contributed by atoms with E-state index in [0.717, 1.165) is 65.4 Å². The van der Waals surface area contributed by atoms with Crippen LogP contribution in [-0.4, -0.2) is 46.7 Å². The summed E-state index contributed by atoms with van der Waals surface area (Å²) < 4.78 is 10.2. The SMILES string of the molecule is C/C=C\C(=C/C)c1ccc(-c2nc(-c3ccc(-c4ccccc4)cc3)nc(-c3ccc(OC(C=O)CCCCCC)cc3O)n2)cc1.CC.COC. The van der Waals surface area contributed by atoms with E-state index in [-0.39, 0.29) is 5.75 Å². The van der Waals surface area contributed by atoms with Crippen molar-refractivity contribution in [2.24, 2.45) is 0 Å². The molecule has 5 rings (SSSR count). The molecule has 0 aliphatic heterocycles. The number of aromatic nitrogens is 3. The second-order valence-electron chi connectivity index (χ2n) is 11.8. The molecule has 1 N–H and O–H groups in total. The molecule has 7 heteroatoms. The van der Waals surface area contributed by atoms with Crippen molar-refractivity contribution in [3.63, 3.8) is 0 Å². The van der Waals surface area contributed by atoms with E-state index < -0.39 is 6.10 Å². The van der Waals surface area contributed by atoms with E-state index in [1.54, 1.807) is 26.4 Å². The summed E-state index contributed by atoms with van der Waals surface area (Å²) in [4.78, 5) is 26.2. The van der Waals surface area contributed by atoms with E-state index in [1.165, 1.54) is 6.07 Å². The van der Waals surface area contributed by atoms with Crippen molar-refractivity contribution in [1.82, 2.24) is 15.0 Å². The normalized spacial score (nSPS) is 11.6. The Kier molecular flexibility index (Phi) is 17.7. The monoisotopic (exact) mass is 699 g/mol. The maximum absolute atomic E-state index is 11.7. The summed E-state index contributed by atoms with van der Waals surface area (Å²) >= 11 is 0. The van der Waals surface area contributed by atoms with Crippen molar-refractivity contribution in [3.05, 3.63) is 121 Å². The van der Waals surface area contributed by atoms with Gasteiger partial charge in [0.25, 0.3) is 0 Å². The second-order valence-corrected chi connectivity index (χ2v) is 11.8. The molecule has 0 bridgehead atoms. The molecule has 1 atom stereocenters. The molecule has 7 nitrogen and oxygen atoms in total. The largest absolute Gasteiger partial charge is 0.507 e. The highest BCUT2D eigenvalue weighted by atomic mass is 16.5. The summed E-state index contributed by atoms with van der Waals surface area (Å²) in [5.74, 6) is 1.69. The first-order valence-corrected chi connectivity index (χ1v) is 18.1. The number of allylic oxidation sites excluding steroid dienone is 4. The van der Waals surface area contributed by atoms with Crippen LogP contribution in [0.4, 0.5) is 0 Å². The minimum atomic E-state index is -0.565. The fourth-order valence-electron chi connectivity index (χ4n) is 5.42. The summed E-state index contributed by atoms with van der Waals surface area (Å²) in [5.41, 5.74) is 6.52. The van der Waals surface area contributed by atoms with Crippen molar-refractivity contribution in [2.75, 3.05) is 14.2 Å². The number of aldehydes is 1. The first-order chi connectivity index (χ1) is 25.4. The van der Waals surface area contributed by atoms with E-state index in [0.29, 0.717) is 35.2 Å². The molecule has 0 aliphatic carbocycles. The van der Waals surface area contributed by atoms with Crippen molar-refractivity contribution < 1.29 is 19.4 Å². The number of phenols is 1. The number of benzene rings is 4. The molecule has 4 aromatic carbocycles. The zero-order chi connectivity index (χ0) is 37.7. The van der Waals surface area contributed by atoms with Crippen LogP contribution in [-0.2, 0) is 9.53 Å². The average molecular weight is 700 g/mol. The molecule has 5 aromatic rings. The van der Waals surface area contributed by atoms with Gasteiger partial charge >= 0.3 is 0 Å². The summed E-state index contributed by atoms with van der Waals surface area (Å²) in [6.07, 6.45) is 11.3. The number of unbranched alkanes of at least 4 members (excludes halogenated alkanes) is 3. The van der Waals surface area contributed by atoms with E-state index in [2.05, 4.69) is 60.2 Å². The number of hydrogen-bond donors (Lipinski definition) is 1. The number of carbonyl (C=O) groups is 1. The molecule has 1 heterocycles. The van der Waals surface area contributed by atoms with Crippen molar-refractivity contribution in [1.29, 1.82) is 0 Å². The van der Waals surface area contributed by atoms with Gasteiger partial charge in [-0.3, -0.25) is 4.79 Å². The fourth-order valence-corrected chi connectivity index (χ4v) is 5.42. The number of phenolic OH excluding ortho intramolecular Hbond substituents is 1. The number of nitrogens with zero attached hydrogens (tertiary/aromatic N) is 3. The number of methoxy groups -OCH3 is 1. The van der Waals surface area contributed by atoms with E-state index in [1.807, 2.05) is 76.2 Å². The standard InChI is InChI=1S/C41H41N3O3.C2H6O.C2H6/c1-4-7-8-12-16-36(28-45)47-35-25-26-37(38(46)27-35)41-43-39(33-21-17-31(18-22-33)29(6-3)13-5-2)42-40(44-41)34-23-19-32(20-24-34)30-14-10-9-11-15-30;1-3-2;1-2/h5-6,9-11,13-15,17-28,36,46H,4,7-8,12,16H2,1-3H3;1-2H3;1-2H3/b13-5-,29-6+;;. The molecule has 272 valence electrons. The Bertz CT molecular complexity index is 1850. The zero-order valence-electron chi connectivity index (χ0n) is 31.7. The predicted octanol–water partition coefficient (Wildman–Crippen LogP) is 11.4. The van der Waals surface area contributed by atoms with Gasteiger partial charge in [0.15, 0.2) is 29.9 Å². The van der Waals surface area contributed by atoms with Gasteiger partial charge in [0, 0.05) is 31.4 Å². The summed E-state index contributed by atoms with van der Waals surface area (Å²) in [6, 6.07) is 31.4. The molecule has 1 aromatic heterocycles. The summed E-state index contributed by atoms with van der Waals surface area (Å²) in [6.45, 7) is 10.2. The van der Waals surface area contributed by atoms with Gasteiger partial charge in [0.05, 0.1) is 5.56 Å². The molecule has 0 radical (unpaired) electrons. The van der Waals surface area contributed by atoms with Gasteiger partial charge < -0.3 is 14.6 Å². The number of rotatable bonds is 14. The Morgan fingerprint density at radius 2 is 1.29 bits per heavy atom. The van der Waals surface area contributed by atoms with Crippen LogP contribution in [0.25, 0.3) is 50.9 Å². The van der Waals surface area contributed by atoms with E-state index in [9.17, 15) is 9.90 Å². The fraction of sp³-hybridized carbons (Fsp3) is 0.289. The topological polar surface area (TPSA) is 94.4 Å². The average Bonchev–Trinajstić information content (AvgIpc) is 3.19. The second kappa shape index (κ2) is 22.4. The number of aromatic hydroxyl groups is 1. The number of hydrogen-bond acceptors (Lipinski definition) is 7. The van der Waals surface area contributed by atoms with Crippen LogP contribution in [0.5, 0.6) is 11.5 Å². The van der Waals surface area contributed by atoms with Crippen LogP contribution in [0.15, 0.2) is 115 Å². The van der Waals surface area contributed by atoms with E-state index in [4.69, 9.17) is 19.7 Å². The third-order valence-corrected chi connectivity index (χ3v) is 8.01. The minimum Gasteiger partial charge on any atom is -0.507 e. The van der Waals surface area contributed by atoms with Crippen LogP contribution >= 0.6 is 0 Å². The molecule has 0 saturated carbocycles. The van der Waals surface area contributed by atoms with Crippen LogP contribution in [0, 0.1) is 0 Å². The van der Waals surface area contributed by atoms with E-state index >= 15 is 0 Å². The first kappa shape index (κ1) is 41.0. The lowest BCUT2D eigenvalue weighted by molar-refractivity contribution is -0.114.